The Balaban J connectivity index is 2.14. The first kappa shape index (κ1) is 19.1. The van der Waals surface area contributed by atoms with Crippen LogP contribution in [0, 0.1) is 0 Å². The van der Waals surface area contributed by atoms with Gasteiger partial charge in [0, 0.05) is 11.9 Å². The molecular formula is C20H24BrN3OS. The van der Waals surface area contributed by atoms with Gasteiger partial charge in [0.1, 0.15) is 5.54 Å². The number of rotatable bonds is 2. The van der Waals surface area contributed by atoms with Crippen LogP contribution in [0.3, 0.4) is 0 Å². The number of nitrogens with two attached hydrogens (primary N) is 1. The fourth-order valence-corrected chi connectivity index (χ4v) is 4.86. The van der Waals surface area contributed by atoms with Gasteiger partial charge < -0.3 is 5.73 Å². The first-order valence-electron chi connectivity index (χ1n) is 8.53. The summed E-state index contributed by atoms with van der Waals surface area (Å²) in [6, 6.07) is 12.3. The lowest BCUT2D eigenvalue weighted by Gasteiger charge is -2.40. The second-order valence-corrected chi connectivity index (χ2v) is 10.4. The molecule has 2 heterocycles. The Hall–Kier alpha value is -1.66. The van der Waals surface area contributed by atoms with Gasteiger partial charge in [-0.15, -0.1) is 11.3 Å². The number of halogens is 1. The zero-order valence-electron chi connectivity index (χ0n) is 15.7. The van der Waals surface area contributed by atoms with Gasteiger partial charge in [-0.3, -0.25) is 9.69 Å². The maximum Gasteiger partial charge on any atom is 0.239 e. The van der Waals surface area contributed by atoms with Gasteiger partial charge in [0.25, 0.3) is 0 Å². The molecule has 1 aromatic heterocycles. The zero-order valence-corrected chi connectivity index (χ0v) is 18.1. The molecular weight excluding hydrogens is 410 g/mol. The monoisotopic (exact) mass is 433 g/mol. The summed E-state index contributed by atoms with van der Waals surface area (Å²) in [5.41, 5.74) is 7.59. The number of thiophene rings is 1. The second kappa shape index (κ2) is 6.50. The third kappa shape index (κ3) is 3.21. The van der Waals surface area contributed by atoms with Crippen molar-refractivity contribution in [1.82, 2.24) is 4.90 Å². The van der Waals surface area contributed by atoms with Crippen molar-refractivity contribution < 1.29 is 4.79 Å². The summed E-state index contributed by atoms with van der Waals surface area (Å²) >= 11 is 5.10. The van der Waals surface area contributed by atoms with E-state index in [0.717, 1.165) is 14.2 Å². The van der Waals surface area contributed by atoms with Crippen LogP contribution in [0.25, 0.3) is 0 Å². The molecule has 1 unspecified atom stereocenters. The fourth-order valence-electron chi connectivity index (χ4n) is 3.35. The predicted octanol–water partition coefficient (Wildman–Crippen LogP) is 4.59. The Morgan fingerprint density at radius 2 is 1.81 bits per heavy atom. The van der Waals surface area contributed by atoms with Gasteiger partial charge in [-0.1, -0.05) is 45.0 Å². The molecule has 6 heteroatoms. The summed E-state index contributed by atoms with van der Waals surface area (Å²) in [7, 11) is 1.68. The van der Waals surface area contributed by atoms with Crippen molar-refractivity contribution in [1.29, 1.82) is 0 Å². The Bertz CT molecular complexity index is 866. The molecule has 2 atom stereocenters. The molecule has 0 saturated heterocycles. The quantitative estimate of drug-likeness (QED) is 0.752. The van der Waals surface area contributed by atoms with E-state index in [1.807, 2.05) is 19.1 Å². The highest BCUT2D eigenvalue weighted by Crippen LogP contribution is 2.47. The summed E-state index contributed by atoms with van der Waals surface area (Å²) < 4.78 is 1.01. The Morgan fingerprint density at radius 1 is 1.19 bits per heavy atom. The second-order valence-electron chi connectivity index (χ2n) is 7.92. The van der Waals surface area contributed by atoms with Gasteiger partial charge in [0.05, 0.1) is 9.70 Å². The van der Waals surface area contributed by atoms with Gasteiger partial charge in [-0.05, 0) is 51.5 Å². The average molecular weight is 434 g/mol. The number of guanidine groups is 1. The largest absolute Gasteiger partial charge is 0.369 e. The first-order valence-corrected chi connectivity index (χ1v) is 10.1. The van der Waals surface area contributed by atoms with Crippen molar-refractivity contribution >= 4 is 39.1 Å². The number of benzene rings is 1. The summed E-state index contributed by atoms with van der Waals surface area (Å²) in [5.74, 6) is -0.197. The minimum atomic E-state index is -0.729. The van der Waals surface area contributed by atoms with Gasteiger partial charge in [0.15, 0.2) is 5.96 Å². The SMILES string of the molecule is CN1C(=O)C(c2ccc(C(C)(C)C)cc2)[C@@](C)(c2ccc(Br)s2)N=C1N. The lowest BCUT2D eigenvalue weighted by molar-refractivity contribution is -0.130. The highest BCUT2D eigenvalue weighted by Gasteiger charge is 2.48. The summed E-state index contributed by atoms with van der Waals surface area (Å²) in [6.07, 6.45) is 0. The van der Waals surface area contributed by atoms with Crippen LogP contribution in [-0.4, -0.2) is 23.8 Å². The van der Waals surface area contributed by atoms with Crippen molar-refractivity contribution in [2.45, 2.75) is 44.6 Å². The minimum absolute atomic E-state index is 0.0342. The molecule has 26 heavy (non-hydrogen) atoms. The minimum Gasteiger partial charge on any atom is -0.369 e. The van der Waals surface area contributed by atoms with E-state index in [2.05, 4.69) is 61.0 Å². The Morgan fingerprint density at radius 3 is 2.31 bits per heavy atom. The molecule has 0 fully saturated rings. The average Bonchev–Trinajstić information content (AvgIpc) is 3.00. The highest BCUT2D eigenvalue weighted by atomic mass is 79.9. The third-order valence-corrected chi connectivity index (χ3v) is 6.86. The van der Waals surface area contributed by atoms with Gasteiger partial charge in [0.2, 0.25) is 5.91 Å². The van der Waals surface area contributed by atoms with Crippen LogP contribution in [0.1, 0.15) is 49.6 Å². The third-order valence-electron chi connectivity index (χ3n) is 5.01. The molecule has 0 radical (unpaired) electrons. The lowest BCUT2D eigenvalue weighted by Crippen LogP contribution is -2.52. The van der Waals surface area contributed by atoms with E-state index in [1.165, 1.54) is 10.5 Å². The smallest absolute Gasteiger partial charge is 0.239 e. The van der Waals surface area contributed by atoms with E-state index >= 15 is 0 Å². The number of carbonyl (C=O) groups is 1. The number of hydrogen-bond acceptors (Lipinski definition) is 4. The molecule has 1 aromatic carbocycles. The molecule has 1 amide bonds. The van der Waals surface area contributed by atoms with Crippen LogP contribution in [0.4, 0.5) is 0 Å². The van der Waals surface area contributed by atoms with Crippen LogP contribution >= 0.6 is 27.3 Å². The van der Waals surface area contributed by atoms with E-state index in [0.29, 0.717) is 0 Å². The molecule has 0 bridgehead atoms. The van der Waals surface area contributed by atoms with Crippen LogP contribution in [0.5, 0.6) is 0 Å². The van der Waals surface area contributed by atoms with Crippen LogP contribution in [-0.2, 0) is 15.7 Å². The molecule has 1 aliphatic rings. The predicted molar refractivity (Wildman–Crippen MR) is 112 cm³/mol. The molecule has 0 saturated carbocycles. The molecule has 0 aliphatic carbocycles. The number of hydrogen-bond donors (Lipinski definition) is 1. The van der Waals surface area contributed by atoms with Crippen LogP contribution in [0.15, 0.2) is 45.2 Å². The number of carbonyl (C=O) groups excluding carboxylic acids is 1. The maximum absolute atomic E-state index is 13.2. The number of amides is 1. The zero-order chi connectivity index (χ0) is 19.3. The molecule has 2 N–H and O–H groups in total. The maximum atomic E-state index is 13.2. The molecule has 2 aromatic rings. The van der Waals surface area contributed by atoms with E-state index in [-0.39, 0.29) is 17.3 Å². The van der Waals surface area contributed by atoms with Crippen LogP contribution < -0.4 is 5.73 Å². The first-order chi connectivity index (χ1) is 12.0. The van der Waals surface area contributed by atoms with E-state index in [1.54, 1.807) is 18.4 Å². The van der Waals surface area contributed by atoms with Crippen molar-refractivity contribution in [3.05, 3.63) is 56.2 Å². The lowest BCUT2D eigenvalue weighted by atomic mass is 9.76. The summed E-state index contributed by atoms with van der Waals surface area (Å²) in [5, 5.41) is 0. The van der Waals surface area contributed by atoms with Gasteiger partial charge in [-0.25, -0.2) is 4.99 Å². The number of likely N-dealkylation sites (N-methyl/N-ethyl adjacent to an activating group) is 1. The van der Waals surface area contributed by atoms with Crippen molar-refractivity contribution in [2.24, 2.45) is 10.7 Å². The van der Waals surface area contributed by atoms with Crippen molar-refractivity contribution in [3.8, 4) is 0 Å². The fraction of sp³-hybridized carbons (Fsp3) is 0.400. The molecule has 0 spiro atoms. The molecule has 1 aliphatic heterocycles. The molecule has 3 rings (SSSR count). The summed E-state index contributed by atoms with van der Waals surface area (Å²) in [4.78, 5) is 20.4. The van der Waals surface area contributed by atoms with E-state index < -0.39 is 11.5 Å². The Kier molecular flexibility index (Phi) is 4.78. The van der Waals surface area contributed by atoms with E-state index in [4.69, 9.17) is 10.7 Å². The Labute approximate surface area is 167 Å². The summed E-state index contributed by atoms with van der Waals surface area (Å²) in [6.45, 7) is 8.53. The number of aliphatic imine (C=N–C) groups is 1. The van der Waals surface area contributed by atoms with Crippen molar-refractivity contribution in [2.75, 3.05) is 7.05 Å². The van der Waals surface area contributed by atoms with E-state index in [9.17, 15) is 4.79 Å². The highest BCUT2D eigenvalue weighted by molar-refractivity contribution is 9.11. The standard InChI is InChI=1S/C20H24BrN3OS/c1-19(2,3)13-8-6-12(7-9-13)16-17(25)24(5)18(22)23-20(16,4)14-10-11-15(21)26-14/h6-11,16H,1-5H3,(H2,22,23)/t16?,20-/m1/s1. The van der Waals surface area contributed by atoms with Gasteiger partial charge in [-0.2, -0.15) is 0 Å². The topological polar surface area (TPSA) is 58.7 Å². The molecule has 4 nitrogen and oxygen atoms in total. The number of nitrogens with zero attached hydrogens (tertiary/aromatic N) is 2. The van der Waals surface area contributed by atoms with Crippen molar-refractivity contribution in [3.63, 3.8) is 0 Å². The normalized spacial score (nSPS) is 23.9. The van der Waals surface area contributed by atoms with Gasteiger partial charge >= 0.3 is 0 Å². The molecule has 138 valence electrons. The van der Waals surface area contributed by atoms with Crippen LogP contribution in [0.2, 0.25) is 0 Å².